The van der Waals surface area contributed by atoms with Crippen LogP contribution in [0.1, 0.15) is 6.42 Å². The van der Waals surface area contributed by atoms with Gasteiger partial charge in [0.15, 0.2) is 11.5 Å². The molecule has 0 unspecified atom stereocenters. The zero-order valence-corrected chi connectivity index (χ0v) is 11.1. The van der Waals surface area contributed by atoms with E-state index in [9.17, 15) is 10.1 Å². The first kappa shape index (κ1) is 13.3. The van der Waals surface area contributed by atoms with Crippen LogP contribution >= 0.6 is 23.4 Å². The normalized spacial score (nSPS) is 13.4. The summed E-state index contributed by atoms with van der Waals surface area (Å²) in [4.78, 5) is 11.2. The molecule has 2 rings (SSSR count). The predicted molar refractivity (Wildman–Crippen MR) is 70.1 cm³/mol. The molecule has 18 heavy (non-hydrogen) atoms. The van der Waals surface area contributed by atoms with Crippen molar-refractivity contribution in [1.82, 2.24) is 0 Å². The Kier molecular flexibility index (Phi) is 4.54. The monoisotopic (exact) mass is 289 g/mol. The predicted octanol–water partition coefficient (Wildman–Crippen LogP) is 3.09. The molecule has 1 aromatic carbocycles. The van der Waals surface area contributed by atoms with E-state index in [-0.39, 0.29) is 5.69 Å². The lowest BCUT2D eigenvalue weighted by Crippen LogP contribution is -2.15. The lowest BCUT2D eigenvalue weighted by molar-refractivity contribution is -0.387. The summed E-state index contributed by atoms with van der Waals surface area (Å²) in [7, 11) is 0. The molecule has 1 heterocycles. The Bertz CT molecular complexity index is 455. The number of thioether (sulfide) groups is 1. The molecule has 0 atom stereocenters. The van der Waals surface area contributed by atoms with Gasteiger partial charge in [-0.15, -0.1) is 23.4 Å². The number of nitrogens with zero attached hydrogens (tertiary/aromatic N) is 1. The summed E-state index contributed by atoms with van der Waals surface area (Å²) in [6, 6.07) is 3.10. The Morgan fingerprint density at radius 1 is 1.33 bits per heavy atom. The summed E-state index contributed by atoms with van der Waals surface area (Å²) in [5, 5.41) is 11.0. The number of nitro groups is 1. The summed E-state index contributed by atoms with van der Waals surface area (Å²) in [5.74, 6) is 2.30. The van der Waals surface area contributed by atoms with E-state index in [1.807, 2.05) is 0 Å². The van der Waals surface area contributed by atoms with Gasteiger partial charge in [0.25, 0.3) is 5.69 Å². The number of rotatable bonds is 5. The van der Waals surface area contributed by atoms with Crippen LogP contribution in [-0.2, 0) is 0 Å². The fraction of sp³-hybridized carbons (Fsp3) is 0.455. The summed E-state index contributed by atoms with van der Waals surface area (Å²) in [5.41, 5.74) is 0.0545. The molecule has 0 N–H and O–H groups in total. The Hall–Kier alpha value is -1.14. The Morgan fingerprint density at radius 3 is 2.61 bits per heavy atom. The Balaban J connectivity index is 2.27. The number of alkyl halides is 1. The number of hydrogen-bond donors (Lipinski definition) is 0. The van der Waals surface area contributed by atoms with Crippen molar-refractivity contribution in [2.75, 3.05) is 24.8 Å². The maximum Gasteiger partial charge on any atom is 0.286 e. The molecule has 0 spiro atoms. The van der Waals surface area contributed by atoms with Gasteiger partial charge < -0.3 is 9.47 Å². The fourth-order valence-corrected chi connectivity index (χ4v) is 2.83. The number of benzene rings is 1. The molecule has 0 saturated carbocycles. The first-order valence-corrected chi connectivity index (χ1v) is 7.01. The van der Waals surface area contributed by atoms with Gasteiger partial charge in [0.05, 0.1) is 15.9 Å². The molecule has 0 radical (unpaired) electrons. The highest BCUT2D eigenvalue weighted by Gasteiger charge is 2.22. The highest BCUT2D eigenvalue weighted by molar-refractivity contribution is 7.99. The van der Waals surface area contributed by atoms with Crippen LogP contribution in [0.3, 0.4) is 0 Å². The highest BCUT2D eigenvalue weighted by atomic mass is 35.5. The van der Waals surface area contributed by atoms with Crippen molar-refractivity contribution >= 4 is 29.1 Å². The van der Waals surface area contributed by atoms with Crippen molar-refractivity contribution in [3.05, 3.63) is 22.2 Å². The molecule has 1 aromatic rings. The molecule has 7 heteroatoms. The summed E-state index contributed by atoms with van der Waals surface area (Å²) in [6.07, 6.45) is 0.803. The second-order valence-corrected chi connectivity index (χ2v) is 5.13. The standard InChI is InChI=1S/C11H12ClNO4S/c12-2-1-5-18-11-7-10-9(16-3-4-17-10)6-8(11)13(14)15/h6-7H,1-5H2. The number of hydrogen-bond acceptors (Lipinski definition) is 5. The van der Waals surface area contributed by atoms with Gasteiger partial charge >= 0.3 is 0 Å². The summed E-state index contributed by atoms with van der Waals surface area (Å²) < 4.78 is 10.8. The largest absolute Gasteiger partial charge is 0.486 e. The minimum absolute atomic E-state index is 0.0545. The van der Waals surface area contributed by atoms with Gasteiger partial charge in [-0.2, -0.15) is 0 Å². The first-order valence-electron chi connectivity index (χ1n) is 5.49. The molecular weight excluding hydrogens is 278 g/mol. The van der Waals surface area contributed by atoms with E-state index >= 15 is 0 Å². The van der Waals surface area contributed by atoms with Gasteiger partial charge in [-0.3, -0.25) is 10.1 Å². The van der Waals surface area contributed by atoms with Crippen LogP contribution in [0.4, 0.5) is 5.69 Å². The van der Waals surface area contributed by atoms with E-state index in [1.54, 1.807) is 6.07 Å². The van der Waals surface area contributed by atoms with Crippen LogP contribution in [0.5, 0.6) is 11.5 Å². The maximum atomic E-state index is 11.0. The number of ether oxygens (including phenoxy) is 2. The lowest BCUT2D eigenvalue weighted by atomic mass is 10.2. The fourth-order valence-electron chi connectivity index (χ4n) is 1.55. The van der Waals surface area contributed by atoms with Crippen LogP contribution in [0.15, 0.2) is 17.0 Å². The molecule has 1 aliphatic rings. The van der Waals surface area contributed by atoms with Gasteiger partial charge in [0.2, 0.25) is 0 Å². The van der Waals surface area contributed by atoms with Crippen LogP contribution in [0.25, 0.3) is 0 Å². The van der Waals surface area contributed by atoms with Gasteiger partial charge in [-0.25, -0.2) is 0 Å². The molecular formula is C11H12ClNO4S. The highest BCUT2D eigenvalue weighted by Crippen LogP contribution is 2.40. The molecule has 0 bridgehead atoms. The smallest absolute Gasteiger partial charge is 0.286 e. The van der Waals surface area contributed by atoms with Gasteiger partial charge in [0.1, 0.15) is 13.2 Å². The van der Waals surface area contributed by atoms with Crippen LogP contribution in [0, 0.1) is 10.1 Å². The van der Waals surface area contributed by atoms with Crippen molar-refractivity contribution in [1.29, 1.82) is 0 Å². The molecule has 0 aromatic heterocycles. The summed E-state index contributed by atoms with van der Waals surface area (Å²) >= 11 is 7.00. The number of nitro benzene ring substituents is 1. The van der Waals surface area contributed by atoms with Crippen molar-refractivity contribution in [2.24, 2.45) is 0 Å². The average Bonchev–Trinajstić information content (AvgIpc) is 2.38. The molecule has 5 nitrogen and oxygen atoms in total. The van der Waals surface area contributed by atoms with E-state index in [4.69, 9.17) is 21.1 Å². The van der Waals surface area contributed by atoms with E-state index in [0.717, 1.165) is 12.2 Å². The Labute approximate surface area is 114 Å². The number of halogens is 1. The average molecular weight is 290 g/mol. The van der Waals surface area contributed by atoms with Crippen molar-refractivity contribution in [3.8, 4) is 11.5 Å². The number of fused-ring (bicyclic) bond motifs is 1. The Morgan fingerprint density at radius 2 is 2.00 bits per heavy atom. The minimum Gasteiger partial charge on any atom is -0.486 e. The third-order valence-electron chi connectivity index (χ3n) is 2.36. The quantitative estimate of drug-likeness (QED) is 0.274. The van der Waals surface area contributed by atoms with Crippen molar-refractivity contribution < 1.29 is 14.4 Å². The maximum absolute atomic E-state index is 11.0. The van der Waals surface area contributed by atoms with E-state index in [2.05, 4.69) is 0 Å². The molecule has 0 fully saturated rings. The zero-order valence-electron chi connectivity index (χ0n) is 9.56. The molecule has 1 aliphatic heterocycles. The van der Waals surface area contributed by atoms with Crippen molar-refractivity contribution in [2.45, 2.75) is 11.3 Å². The minimum atomic E-state index is -0.402. The molecule has 98 valence electrons. The van der Waals surface area contributed by atoms with E-state index < -0.39 is 4.92 Å². The molecule has 0 amide bonds. The van der Waals surface area contributed by atoms with Gasteiger partial charge in [-0.1, -0.05) is 0 Å². The van der Waals surface area contributed by atoms with Gasteiger partial charge in [0, 0.05) is 11.9 Å². The summed E-state index contributed by atoms with van der Waals surface area (Å²) in [6.45, 7) is 0.888. The zero-order chi connectivity index (χ0) is 13.0. The van der Waals surface area contributed by atoms with Crippen LogP contribution < -0.4 is 9.47 Å². The topological polar surface area (TPSA) is 61.6 Å². The second kappa shape index (κ2) is 6.15. The molecule has 0 saturated heterocycles. The SMILES string of the molecule is O=[N+]([O-])c1cc2c(cc1SCCCCl)OCCO2. The van der Waals surface area contributed by atoms with Crippen LogP contribution in [-0.4, -0.2) is 29.8 Å². The molecule has 0 aliphatic carbocycles. The third-order valence-corrected chi connectivity index (χ3v) is 3.75. The van der Waals surface area contributed by atoms with E-state index in [0.29, 0.717) is 35.5 Å². The first-order chi connectivity index (χ1) is 8.72. The van der Waals surface area contributed by atoms with E-state index in [1.165, 1.54) is 17.8 Å². The third kappa shape index (κ3) is 3.00. The van der Waals surface area contributed by atoms with Crippen molar-refractivity contribution in [3.63, 3.8) is 0 Å². The second-order valence-electron chi connectivity index (χ2n) is 3.61. The van der Waals surface area contributed by atoms with Gasteiger partial charge in [-0.05, 0) is 12.2 Å². The van der Waals surface area contributed by atoms with Crippen LogP contribution in [0.2, 0.25) is 0 Å². The lowest BCUT2D eigenvalue weighted by Gasteiger charge is -2.18.